The quantitative estimate of drug-likeness (QED) is 0.343. The molecule has 0 unspecified atom stereocenters. The zero-order chi connectivity index (χ0) is 23.9. The number of carboxylic acid groups (broad SMARTS) is 1. The second kappa shape index (κ2) is 8.44. The zero-order valence-corrected chi connectivity index (χ0v) is 18.3. The Morgan fingerprint density at radius 2 is 1.73 bits per heavy atom. The van der Waals surface area contributed by atoms with Crippen LogP contribution in [0.5, 0.6) is 5.75 Å². The molecule has 0 bridgehead atoms. The summed E-state index contributed by atoms with van der Waals surface area (Å²) in [7, 11) is 0. The van der Waals surface area contributed by atoms with E-state index in [0.717, 1.165) is 12.1 Å². The van der Waals surface area contributed by atoms with Gasteiger partial charge in [0.05, 0.1) is 34.1 Å². The highest BCUT2D eigenvalue weighted by Gasteiger charge is 2.30. The molecule has 0 saturated heterocycles. The number of pyridine rings is 1. The van der Waals surface area contributed by atoms with E-state index in [2.05, 4.69) is 4.98 Å². The topological polar surface area (TPSA) is 64.3 Å². The molecule has 0 saturated carbocycles. The number of aromatic nitrogens is 2. The van der Waals surface area contributed by atoms with Gasteiger partial charge in [-0.15, -0.1) is 0 Å². The molecule has 2 aromatic carbocycles. The van der Waals surface area contributed by atoms with Crippen LogP contribution in [0.15, 0.2) is 60.8 Å². The van der Waals surface area contributed by atoms with E-state index < -0.39 is 17.7 Å². The third kappa shape index (κ3) is 4.39. The molecule has 0 amide bonds. The Morgan fingerprint density at radius 1 is 1.09 bits per heavy atom. The predicted octanol–water partition coefficient (Wildman–Crippen LogP) is 6.85. The molecule has 0 fully saturated rings. The molecule has 0 aliphatic rings. The largest absolute Gasteiger partial charge is 0.491 e. The summed E-state index contributed by atoms with van der Waals surface area (Å²) in [4.78, 5) is 16.4. The molecule has 1 N–H and O–H groups in total. The summed E-state index contributed by atoms with van der Waals surface area (Å²) in [5.74, 6) is -0.592. The Morgan fingerprint density at radius 3 is 2.27 bits per heavy atom. The molecule has 5 nitrogen and oxygen atoms in total. The lowest BCUT2D eigenvalue weighted by molar-refractivity contribution is -0.137. The van der Waals surface area contributed by atoms with Crippen LogP contribution >= 0.6 is 11.6 Å². The number of nitrogens with zero attached hydrogens (tertiary/aromatic N) is 2. The first kappa shape index (κ1) is 22.7. The highest BCUT2D eigenvalue weighted by Crippen LogP contribution is 2.36. The van der Waals surface area contributed by atoms with Crippen LogP contribution in [0.3, 0.4) is 0 Å². The average Bonchev–Trinajstić information content (AvgIpc) is 3.05. The standard InChI is InChI=1S/C24H18ClF3N2O3/c1-13(2)33-17-9-7-16(8-10-17)30-20-12-29-19(11-18(20)21(25)22(30)23(31)32)14-3-5-15(6-4-14)24(26,27)28/h3-13H,1-2H3,(H,31,32). The van der Waals surface area contributed by atoms with Crippen molar-refractivity contribution in [1.29, 1.82) is 0 Å². The first-order valence-corrected chi connectivity index (χ1v) is 10.3. The van der Waals surface area contributed by atoms with Crippen molar-refractivity contribution in [1.82, 2.24) is 9.55 Å². The molecule has 9 heteroatoms. The number of rotatable bonds is 5. The number of halogens is 4. The number of fused-ring (bicyclic) bond motifs is 1. The van der Waals surface area contributed by atoms with Gasteiger partial charge in [0.25, 0.3) is 0 Å². The lowest BCUT2D eigenvalue weighted by atomic mass is 10.1. The normalized spacial score (nSPS) is 11.8. The number of benzene rings is 2. The van der Waals surface area contributed by atoms with Crippen LogP contribution in [0.4, 0.5) is 13.2 Å². The average molecular weight is 475 g/mol. The maximum Gasteiger partial charge on any atom is 0.416 e. The summed E-state index contributed by atoms with van der Waals surface area (Å²) in [5.41, 5.74) is 0.897. The Kier molecular flexibility index (Phi) is 5.80. The van der Waals surface area contributed by atoms with E-state index in [4.69, 9.17) is 16.3 Å². The van der Waals surface area contributed by atoms with E-state index in [9.17, 15) is 23.1 Å². The molecule has 33 heavy (non-hydrogen) atoms. The minimum absolute atomic E-state index is 0.00979. The van der Waals surface area contributed by atoms with Crippen molar-refractivity contribution >= 4 is 28.5 Å². The van der Waals surface area contributed by atoms with Crippen molar-refractivity contribution in [2.45, 2.75) is 26.1 Å². The van der Waals surface area contributed by atoms with E-state index in [1.807, 2.05) is 13.8 Å². The van der Waals surface area contributed by atoms with E-state index in [-0.39, 0.29) is 16.8 Å². The van der Waals surface area contributed by atoms with Crippen molar-refractivity contribution in [2.75, 3.05) is 0 Å². The highest BCUT2D eigenvalue weighted by atomic mass is 35.5. The fourth-order valence-electron chi connectivity index (χ4n) is 3.54. The summed E-state index contributed by atoms with van der Waals surface area (Å²) in [6.45, 7) is 3.80. The third-order valence-corrected chi connectivity index (χ3v) is 5.35. The lowest BCUT2D eigenvalue weighted by Gasteiger charge is -2.12. The molecule has 170 valence electrons. The van der Waals surface area contributed by atoms with Crippen molar-refractivity contribution in [3.63, 3.8) is 0 Å². The van der Waals surface area contributed by atoms with Crippen molar-refractivity contribution in [3.05, 3.63) is 77.1 Å². The SMILES string of the molecule is CC(C)Oc1ccc(-n2c(C(=O)O)c(Cl)c3cc(-c4ccc(C(F)(F)F)cc4)ncc32)cc1. The van der Waals surface area contributed by atoms with Crippen LogP contribution in [-0.4, -0.2) is 26.7 Å². The molecule has 2 aromatic heterocycles. The molecule has 4 rings (SSSR count). The maximum atomic E-state index is 12.9. The zero-order valence-electron chi connectivity index (χ0n) is 17.5. The Balaban J connectivity index is 1.82. The fraction of sp³-hybridized carbons (Fsp3) is 0.167. The minimum atomic E-state index is -4.44. The lowest BCUT2D eigenvalue weighted by Crippen LogP contribution is -2.08. The predicted molar refractivity (Wildman–Crippen MR) is 119 cm³/mol. The van der Waals surface area contributed by atoms with Gasteiger partial charge in [-0.1, -0.05) is 23.7 Å². The number of aromatic carboxylic acids is 1. The molecular weight excluding hydrogens is 457 g/mol. The Labute approximate surface area is 192 Å². The van der Waals surface area contributed by atoms with Gasteiger partial charge in [-0.2, -0.15) is 13.2 Å². The monoisotopic (exact) mass is 474 g/mol. The smallest absolute Gasteiger partial charge is 0.416 e. The van der Waals surface area contributed by atoms with Crippen molar-refractivity contribution < 1.29 is 27.8 Å². The van der Waals surface area contributed by atoms with Crippen molar-refractivity contribution in [3.8, 4) is 22.7 Å². The first-order valence-electron chi connectivity index (χ1n) is 9.94. The van der Waals surface area contributed by atoms with Gasteiger partial charge in [-0.25, -0.2) is 4.79 Å². The van der Waals surface area contributed by atoms with Gasteiger partial charge in [0.2, 0.25) is 0 Å². The minimum Gasteiger partial charge on any atom is -0.491 e. The second-order valence-electron chi connectivity index (χ2n) is 7.63. The summed E-state index contributed by atoms with van der Waals surface area (Å²) < 4.78 is 45.7. The van der Waals surface area contributed by atoms with E-state index >= 15 is 0 Å². The van der Waals surface area contributed by atoms with Gasteiger partial charge in [0.1, 0.15) is 5.75 Å². The molecule has 0 radical (unpaired) electrons. The van der Waals surface area contributed by atoms with E-state index in [1.165, 1.54) is 22.9 Å². The van der Waals surface area contributed by atoms with Gasteiger partial charge in [0.15, 0.2) is 5.69 Å². The fourth-order valence-corrected chi connectivity index (χ4v) is 3.86. The van der Waals surface area contributed by atoms with Crippen LogP contribution in [-0.2, 0) is 6.18 Å². The van der Waals surface area contributed by atoms with Gasteiger partial charge in [-0.05, 0) is 56.3 Å². The number of alkyl halides is 3. The number of carboxylic acids is 1. The molecule has 2 heterocycles. The van der Waals surface area contributed by atoms with Gasteiger partial charge < -0.3 is 14.4 Å². The van der Waals surface area contributed by atoms with Crippen LogP contribution in [0.1, 0.15) is 29.9 Å². The van der Waals surface area contributed by atoms with E-state index in [1.54, 1.807) is 30.3 Å². The maximum absolute atomic E-state index is 12.9. The number of carbonyl (C=O) groups is 1. The van der Waals surface area contributed by atoms with Gasteiger partial charge >= 0.3 is 12.1 Å². The molecule has 4 aromatic rings. The van der Waals surface area contributed by atoms with Crippen molar-refractivity contribution in [2.24, 2.45) is 0 Å². The number of ether oxygens (including phenoxy) is 1. The third-order valence-electron chi connectivity index (χ3n) is 4.97. The van der Waals surface area contributed by atoms with Crippen LogP contribution in [0.25, 0.3) is 27.8 Å². The Bertz CT molecular complexity index is 1330. The van der Waals surface area contributed by atoms with E-state index in [0.29, 0.717) is 33.6 Å². The van der Waals surface area contributed by atoms with Crippen LogP contribution < -0.4 is 4.74 Å². The van der Waals surface area contributed by atoms with Gasteiger partial charge in [-0.3, -0.25) is 4.98 Å². The first-order chi connectivity index (χ1) is 15.6. The number of hydrogen-bond acceptors (Lipinski definition) is 3. The molecule has 0 spiro atoms. The summed E-state index contributed by atoms with van der Waals surface area (Å²) in [6.07, 6.45) is -3.00. The summed E-state index contributed by atoms with van der Waals surface area (Å²) in [5, 5.41) is 10.2. The van der Waals surface area contributed by atoms with Gasteiger partial charge in [0, 0.05) is 16.6 Å². The Hall–Kier alpha value is -3.52. The van der Waals surface area contributed by atoms with Crippen LogP contribution in [0.2, 0.25) is 5.02 Å². The molecular formula is C24H18ClF3N2O3. The number of hydrogen-bond donors (Lipinski definition) is 1. The molecule has 0 atom stereocenters. The summed E-state index contributed by atoms with van der Waals surface area (Å²) in [6, 6.07) is 13.0. The highest BCUT2D eigenvalue weighted by molar-refractivity contribution is 6.38. The molecule has 0 aliphatic heterocycles. The molecule has 0 aliphatic carbocycles. The second-order valence-corrected chi connectivity index (χ2v) is 8.00. The summed E-state index contributed by atoms with van der Waals surface area (Å²) >= 11 is 6.45. The van der Waals surface area contributed by atoms with Crippen LogP contribution in [0, 0.1) is 0 Å².